The minimum Gasteiger partial charge on any atom is -0.366 e. The van der Waals surface area contributed by atoms with E-state index in [4.69, 9.17) is 0 Å². The molecule has 1 amide bonds. The zero-order chi connectivity index (χ0) is 15.4. The Hall–Kier alpha value is -2.61. The van der Waals surface area contributed by atoms with Gasteiger partial charge in [-0.3, -0.25) is 19.7 Å². The van der Waals surface area contributed by atoms with Crippen molar-refractivity contribution in [2.75, 3.05) is 11.6 Å². The molecule has 108 valence electrons. The number of benzene rings is 1. The van der Waals surface area contributed by atoms with Crippen LogP contribution in [-0.4, -0.2) is 22.1 Å². The topological polar surface area (TPSA) is 105 Å². The first-order valence-electron chi connectivity index (χ1n) is 5.84. The fraction of sp³-hybridized carbons (Fsp3) is 0.0769. The lowest BCUT2D eigenvalue weighted by Crippen LogP contribution is -2.19. The van der Waals surface area contributed by atoms with Crippen LogP contribution in [0.5, 0.6) is 0 Å². The Morgan fingerprint density at radius 1 is 1.38 bits per heavy atom. The maximum Gasteiger partial charge on any atom is 0.282 e. The second-order valence-corrected chi connectivity index (χ2v) is 4.90. The fourth-order valence-corrected chi connectivity index (χ4v) is 2.13. The number of hydrogen-bond acceptors (Lipinski definition) is 5. The van der Waals surface area contributed by atoms with Crippen molar-refractivity contribution in [2.45, 2.75) is 4.90 Å². The Labute approximate surface area is 123 Å². The number of nitro groups is 1. The third-order valence-corrected chi connectivity index (χ3v) is 3.44. The van der Waals surface area contributed by atoms with Crippen LogP contribution in [0.3, 0.4) is 0 Å². The Morgan fingerprint density at radius 2 is 2.14 bits per heavy atom. The molecule has 0 fully saturated rings. The third kappa shape index (κ3) is 3.29. The van der Waals surface area contributed by atoms with Crippen LogP contribution in [0.4, 0.5) is 11.4 Å². The molecule has 2 N–H and O–H groups in total. The van der Waals surface area contributed by atoms with Crippen LogP contribution in [0.25, 0.3) is 0 Å². The molecule has 0 aliphatic carbocycles. The van der Waals surface area contributed by atoms with Crippen molar-refractivity contribution in [1.29, 1.82) is 0 Å². The lowest BCUT2D eigenvalue weighted by Gasteiger charge is -2.06. The van der Waals surface area contributed by atoms with Crippen molar-refractivity contribution < 1.29 is 9.72 Å². The summed E-state index contributed by atoms with van der Waals surface area (Å²) < 4.78 is 0. The number of aromatic amines is 1. The summed E-state index contributed by atoms with van der Waals surface area (Å²) in [6, 6.07) is 5.52. The summed E-state index contributed by atoms with van der Waals surface area (Å²) in [5.41, 5.74) is -0.745. The van der Waals surface area contributed by atoms with Gasteiger partial charge in [-0.1, -0.05) is 0 Å². The van der Waals surface area contributed by atoms with Gasteiger partial charge in [0.15, 0.2) is 0 Å². The Bertz CT molecular complexity index is 757. The molecule has 0 aliphatic heterocycles. The molecule has 8 heteroatoms. The molecular formula is C13H11N3O4S. The molecule has 0 radical (unpaired) electrons. The Balaban J connectivity index is 2.40. The highest BCUT2D eigenvalue weighted by atomic mass is 32.2. The van der Waals surface area contributed by atoms with E-state index in [-0.39, 0.29) is 22.4 Å². The summed E-state index contributed by atoms with van der Waals surface area (Å²) in [6.45, 7) is 0. The first kappa shape index (κ1) is 14.8. The predicted octanol–water partition coefficient (Wildman–Crippen LogP) is 2.26. The zero-order valence-electron chi connectivity index (χ0n) is 11.0. The number of nitrogens with one attached hydrogen (secondary N) is 2. The van der Waals surface area contributed by atoms with Crippen molar-refractivity contribution >= 4 is 29.0 Å². The number of amides is 1. The van der Waals surface area contributed by atoms with Gasteiger partial charge < -0.3 is 10.3 Å². The summed E-state index contributed by atoms with van der Waals surface area (Å²) in [4.78, 5) is 37.5. The first-order valence-corrected chi connectivity index (χ1v) is 7.06. The molecule has 0 unspecified atom stereocenters. The molecule has 1 aromatic carbocycles. The van der Waals surface area contributed by atoms with E-state index in [1.54, 1.807) is 12.3 Å². The van der Waals surface area contributed by atoms with Gasteiger partial charge in [-0.2, -0.15) is 0 Å². The number of nitrogens with zero attached hydrogens (tertiary/aromatic N) is 1. The number of thioether (sulfide) groups is 1. The van der Waals surface area contributed by atoms with Crippen molar-refractivity contribution in [1.82, 2.24) is 4.98 Å². The van der Waals surface area contributed by atoms with Gasteiger partial charge in [0, 0.05) is 29.4 Å². The molecule has 0 bridgehead atoms. The largest absolute Gasteiger partial charge is 0.366 e. The van der Waals surface area contributed by atoms with Gasteiger partial charge in [0.2, 0.25) is 5.43 Å². The van der Waals surface area contributed by atoms with Gasteiger partial charge in [0.05, 0.1) is 4.92 Å². The maximum atomic E-state index is 12.2. The lowest BCUT2D eigenvalue weighted by molar-refractivity contribution is -0.385. The van der Waals surface area contributed by atoms with Crippen molar-refractivity contribution in [3.8, 4) is 0 Å². The average Bonchev–Trinajstić information content (AvgIpc) is 2.48. The molecule has 21 heavy (non-hydrogen) atoms. The molecule has 7 nitrogen and oxygen atoms in total. The number of rotatable bonds is 4. The van der Waals surface area contributed by atoms with Gasteiger partial charge >= 0.3 is 0 Å². The van der Waals surface area contributed by atoms with Gasteiger partial charge in [-0.05, 0) is 18.4 Å². The van der Waals surface area contributed by atoms with Crippen molar-refractivity contribution in [3.05, 3.63) is 62.6 Å². The van der Waals surface area contributed by atoms with Gasteiger partial charge in [-0.25, -0.2) is 0 Å². The number of aromatic nitrogens is 1. The standard InChI is InChI=1S/C13H11N3O4S/c1-21-8-2-3-11(16(19)20)9(6-8)13(18)15-10-7-14-5-4-12(10)17/h2-7H,1H3,(H,14,17)(H,15,18). The monoisotopic (exact) mass is 305 g/mol. The highest BCUT2D eigenvalue weighted by Crippen LogP contribution is 2.25. The minimum absolute atomic E-state index is 0.0337. The number of hydrogen-bond donors (Lipinski definition) is 2. The molecule has 2 rings (SSSR count). The van der Waals surface area contributed by atoms with E-state index >= 15 is 0 Å². The van der Waals surface area contributed by atoms with E-state index in [0.29, 0.717) is 4.90 Å². The molecule has 0 saturated carbocycles. The smallest absolute Gasteiger partial charge is 0.282 e. The van der Waals surface area contributed by atoms with E-state index < -0.39 is 10.8 Å². The van der Waals surface area contributed by atoms with E-state index in [0.717, 1.165) is 0 Å². The molecular weight excluding hydrogens is 294 g/mol. The lowest BCUT2D eigenvalue weighted by atomic mass is 10.1. The van der Waals surface area contributed by atoms with Crippen LogP contribution in [0.15, 0.2) is 46.3 Å². The van der Waals surface area contributed by atoms with E-state index in [1.165, 1.54) is 42.4 Å². The summed E-state index contributed by atoms with van der Waals surface area (Å²) in [7, 11) is 0. The van der Waals surface area contributed by atoms with E-state index in [1.807, 2.05) is 0 Å². The van der Waals surface area contributed by atoms with Crippen molar-refractivity contribution in [2.24, 2.45) is 0 Å². The maximum absolute atomic E-state index is 12.2. The first-order chi connectivity index (χ1) is 10.0. The second kappa shape index (κ2) is 6.23. The van der Waals surface area contributed by atoms with Crippen LogP contribution >= 0.6 is 11.8 Å². The Morgan fingerprint density at radius 3 is 2.76 bits per heavy atom. The van der Waals surface area contributed by atoms with Crippen LogP contribution in [0.1, 0.15) is 10.4 Å². The number of H-pyrrole nitrogens is 1. The van der Waals surface area contributed by atoms with Crippen LogP contribution in [0.2, 0.25) is 0 Å². The highest BCUT2D eigenvalue weighted by Gasteiger charge is 2.21. The molecule has 0 saturated heterocycles. The molecule has 0 atom stereocenters. The number of anilines is 1. The van der Waals surface area contributed by atoms with Gasteiger partial charge in [-0.15, -0.1) is 11.8 Å². The van der Waals surface area contributed by atoms with Crippen molar-refractivity contribution in [3.63, 3.8) is 0 Å². The van der Waals surface area contributed by atoms with Gasteiger partial charge in [0.1, 0.15) is 11.3 Å². The second-order valence-electron chi connectivity index (χ2n) is 4.02. The number of carbonyl (C=O) groups is 1. The highest BCUT2D eigenvalue weighted by molar-refractivity contribution is 7.98. The fourth-order valence-electron chi connectivity index (χ4n) is 1.69. The van der Waals surface area contributed by atoms with Crippen LogP contribution in [-0.2, 0) is 0 Å². The minimum atomic E-state index is -0.700. The molecule has 1 heterocycles. The SMILES string of the molecule is CSc1ccc([N+](=O)[O-])c(C(=O)Nc2c[nH]ccc2=O)c1. The van der Waals surface area contributed by atoms with Crippen LogP contribution in [0, 0.1) is 10.1 Å². The predicted molar refractivity (Wildman–Crippen MR) is 79.9 cm³/mol. The summed E-state index contributed by atoms with van der Waals surface area (Å²) in [5, 5.41) is 13.4. The summed E-state index contributed by atoms with van der Waals surface area (Å²) >= 11 is 1.36. The van der Waals surface area contributed by atoms with Gasteiger partial charge in [0.25, 0.3) is 11.6 Å². The number of pyridine rings is 1. The summed E-state index contributed by atoms with van der Waals surface area (Å²) in [5.74, 6) is -0.700. The molecule has 0 spiro atoms. The van der Waals surface area contributed by atoms with Crippen LogP contribution < -0.4 is 10.7 Å². The molecule has 1 aromatic heterocycles. The number of nitro benzene ring substituents is 1. The van der Waals surface area contributed by atoms with E-state index in [2.05, 4.69) is 10.3 Å². The Kier molecular flexibility index (Phi) is 4.39. The molecule has 2 aromatic rings. The molecule has 0 aliphatic rings. The normalized spacial score (nSPS) is 10.1. The quantitative estimate of drug-likeness (QED) is 0.512. The zero-order valence-corrected chi connectivity index (χ0v) is 11.8. The third-order valence-electron chi connectivity index (χ3n) is 2.72. The summed E-state index contributed by atoms with van der Waals surface area (Å²) in [6.07, 6.45) is 4.55. The number of carbonyl (C=O) groups excluding carboxylic acids is 1. The average molecular weight is 305 g/mol. The van der Waals surface area contributed by atoms with E-state index in [9.17, 15) is 19.7 Å².